The molecule has 0 N–H and O–H groups in total. The van der Waals surface area contributed by atoms with E-state index in [0.29, 0.717) is 12.1 Å². The highest BCUT2D eigenvalue weighted by molar-refractivity contribution is 5.83. The van der Waals surface area contributed by atoms with Gasteiger partial charge in [0, 0.05) is 24.2 Å². The van der Waals surface area contributed by atoms with Crippen molar-refractivity contribution in [1.82, 2.24) is 10.1 Å². The molecule has 0 radical (unpaired) electrons. The highest BCUT2D eigenvalue weighted by Gasteiger charge is 2.33. The van der Waals surface area contributed by atoms with Crippen LogP contribution in [0.2, 0.25) is 0 Å². The van der Waals surface area contributed by atoms with Gasteiger partial charge in [0.1, 0.15) is 5.76 Å². The van der Waals surface area contributed by atoms with Gasteiger partial charge in [-0.15, -0.1) is 0 Å². The van der Waals surface area contributed by atoms with Gasteiger partial charge in [-0.05, 0) is 56.0 Å². The maximum atomic E-state index is 5.36. The molecule has 0 spiro atoms. The van der Waals surface area contributed by atoms with E-state index in [9.17, 15) is 0 Å². The Morgan fingerprint density at radius 1 is 1.12 bits per heavy atom. The summed E-state index contributed by atoms with van der Waals surface area (Å²) in [7, 11) is 0. The molecule has 3 nitrogen and oxygen atoms in total. The first-order chi connectivity index (χ1) is 11.6. The number of hydrogen-bond acceptors (Lipinski definition) is 3. The molecule has 124 valence electrons. The van der Waals surface area contributed by atoms with Crippen molar-refractivity contribution < 1.29 is 4.52 Å². The molecule has 1 aliphatic rings. The molecule has 0 bridgehead atoms. The van der Waals surface area contributed by atoms with Crippen molar-refractivity contribution in [3.63, 3.8) is 0 Å². The summed E-state index contributed by atoms with van der Waals surface area (Å²) in [5.74, 6) is 0.948. The van der Waals surface area contributed by atoms with Crippen LogP contribution in [0.3, 0.4) is 0 Å². The summed E-state index contributed by atoms with van der Waals surface area (Å²) in [6.07, 6.45) is 2.59. The van der Waals surface area contributed by atoms with Gasteiger partial charge in [0.25, 0.3) is 0 Å². The lowest BCUT2D eigenvalue weighted by Gasteiger charge is -2.29. The van der Waals surface area contributed by atoms with Gasteiger partial charge in [-0.25, -0.2) is 0 Å². The van der Waals surface area contributed by atoms with E-state index in [0.717, 1.165) is 18.0 Å². The van der Waals surface area contributed by atoms with Crippen molar-refractivity contribution >= 4 is 10.8 Å². The van der Waals surface area contributed by atoms with Crippen LogP contribution in [0.25, 0.3) is 10.8 Å². The SMILES string of the molecule is Cc1noc(C)c1CN(C1CC1)[C@@H](C)c1ccc2ccccc2c1. The average molecular weight is 320 g/mol. The number of fused-ring (bicyclic) bond motifs is 1. The molecule has 1 heterocycles. The van der Waals surface area contributed by atoms with Crippen molar-refractivity contribution in [2.75, 3.05) is 0 Å². The zero-order valence-electron chi connectivity index (χ0n) is 14.6. The van der Waals surface area contributed by atoms with Crippen molar-refractivity contribution in [2.24, 2.45) is 0 Å². The zero-order valence-corrected chi connectivity index (χ0v) is 14.6. The third-order valence-electron chi connectivity index (χ3n) is 5.29. The molecule has 0 amide bonds. The minimum Gasteiger partial charge on any atom is -0.361 e. The number of benzene rings is 2. The molecule has 1 atom stereocenters. The Bertz CT molecular complexity index is 844. The van der Waals surface area contributed by atoms with Crippen LogP contribution in [0.4, 0.5) is 0 Å². The summed E-state index contributed by atoms with van der Waals surface area (Å²) in [5, 5.41) is 6.74. The van der Waals surface area contributed by atoms with Crippen LogP contribution >= 0.6 is 0 Å². The molecular formula is C21H24N2O. The fourth-order valence-electron chi connectivity index (χ4n) is 3.56. The first-order valence-corrected chi connectivity index (χ1v) is 8.79. The highest BCUT2D eigenvalue weighted by Crippen LogP contribution is 2.37. The van der Waals surface area contributed by atoms with Gasteiger partial charge in [-0.2, -0.15) is 0 Å². The monoisotopic (exact) mass is 320 g/mol. The van der Waals surface area contributed by atoms with Gasteiger partial charge in [0.2, 0.25) is 0 Å². The van der Waals surface area contributed by atoms with E-state index < -0.39 is 0 Å². The molecule has 3 heteroatoms. The van der Waals surface area contributed by atoms with Gasteiger partial charge in [-0.1, -0.05) is 41.6 Å². The van der Waals surface area contributed by atoms with Gasteiger partial charge in [-0.3, -0.25) is 4.90 Å². The molecule has 2 aromatic carbocycles. The zero-order chi connectivity index (χ0) is 16.7. The van der Waals surface area contributed by atoms with E-state index in [1.807, 2.05) is 13.8 Å². The summed E-state index contributed by atoms with van der Waals surface area (Å²) in [5.41, 5.74) is 3.64. The van der Waals surface area contributed by atoms with Crippen molar-refractivity contribution in [3.8, 4) is 0 Å². The van der Waals surface area contributed by atoms with Crippen LogP contribution < -0.4 is 0 Å². The van der Waals surface area contributed by atoms with E-state index >= 15 is 0 Å². The van der Waals surface area contributed by atoms with Crippen LogP contribution in [0, 0.1) is 13.8 Å². The summed E-state index contributed by atoms with van der Waals surface area (Å²) in [6.45, 7) is 7.29. The lowest BCUT2D eigenvalue weighted by Crippen LogP contribution is -2.29. The van der Waals surface area contributed by atoms with Crippen LogP contribution in [0.1, 0.15) is 48.4 Å². The van der Waals surface area contributed by atoms with Crippen molar-refractivity contribution in [2.45, 2.75) is 52.2 Å². The lowest BCUT2D eigenvalue weighted by molar-refractivity contribution is 0.189. The number of hydrogen-bond donors (Lipinski definition) is 0. The Kier molecular flexibility index (Phi) is 3.89. The maximum Gasteiger partial charge on any atom is 0.138 e. The highest BCUT2D eigenvalue weighted by atomic mass is 16.5. The number of rotatable bonds is 5. The van der Waals surface area contributed by atoms with Crippen molar-refractivity contribution in [1.29, 1.82) is 0 Å². The summed E-state index contributed by atoms with van der Waals surface area (Å²) in [6, 6.07) is 16.5. The van der Waals surface area contributed by atoms with E-state index in [1.54, 1.807) is 0 Å². The van der Waals surface area contributed by atoms with Gasteiger partial charge in [0.05, 0.1) is 5.69 Å². The quantitative estimate of drug-likeness (QED) is 0.649. The smallest absolute Gasteiger partial charge is 0.138 e. The van der Waals surface area contributed by atoms with Crippen LogP contribution in [0.5, 0.6) is 0 Å². The summed E-state index contributed by atoms with van der Waals surface area (Å²) in [4.78, 5) is 2.61. The Balaban J connectivity index is 1.64. The molecule has 0 saturated heterocycles. The molecule has 0 aliphatic heterocycles. The standard InChI is InChI=1S/C21H24N2O/c1-14-21(16(3)24-22-14)13-23(20-10-11-20)15(2)18-9-8-17-6-4-5-7-19(17)12-18/h4-9,12,15,20H,10-11,13H2,1-3H3/t15-/m0/s1. The third kappa shape index (κ3) is 2.84. The van der Waals surface area contributed by atoms with Crippen LogP contribution in [-0.2, 0) is 6.54 Å². The molecule has 0 unspecified atom stereocenters. The molecule has 1 aliphatic carbocycles. The molecule has 1 aromatic heterocycles. The van der Waals surface area contributed by atoms with E-state index in [2.05, 4.69) is 59.4 Å². The second-order valence-electron chi connectivity index (χ2n) is 6.99. The Morgan fingerprint density at radius 2 is 1.88 bits per heavy atom. The summed E-state index contributed by atoms with van der Waals surface area (Å²) < 4.78 is 5.36. The number of nitrogens with zero attached hydrogens (tertiary/aromatic N) is 2. The summed E-state index contributed by atoms with van der Waals surface area (Å²) >= 11 is 0. The molecule has 1 saturated carbocycles. The second-order valence-corrected chi connectivity index (χ2v) is 6.99. The molecule has 3 aromatic rings. The minimum atomic E-state index is 0.385. The number of aromatic nitrogens is 1. The minimum absolute atomic E-state index is 0.385. The Labute approximate surface area is 143 Å². The Hall–Kier alpha value is -2.13. The van der Waals surface area contributed by atoms with Gasteiger partial charge in [0.15, 0.2) is 0 Å². The Morgan fingerprint density at radius 3 is 2.54 bits per heavy atom. The molecular weight excluding hydrogens is 296 g/mol. The van der Waals surface area contributed by atoms with Crippen molar-refractivity contribution in [3.05, 3.63) is 65.0 Å². The number of aryl methyl sites for hydroxylation is 2. The largest absolute Gasteiger partial charge is 0.361 e. The fraction of sp³-hybridized carbons (Fsp3) is 0.381. The van der Waals surface area contributed by atoms with E-state index in [4.69, 9.17) is 4.52 Å². The fourth-order valence-corrected chi connectivity index (χ4v) is 3.56. The van der Waals surface area contributed by atoms with E-state index in [1.165, 1.54) is 34.7 Å². The maximum absolute atomic E-state index is 5.36. The average Bonchev–Trinajstić information content (AvgIpc) is 3.39. The van der Waals surface area contributed by atoms with Crippen LogP contribution in [-0.4, -0.2) is 16.1 Å². The lowest BCUT2D eigenvalue weighted by atomic mass is 10.0. The molecule has 24 heavy (non-hydrogen) atoms. The van der Waals surface area contributed by atoms with Gasteiger partial charge < -0.3 is 4.52 Å². The molecule has 4 rings (SSSR count). The topological polar surface area (TPSA) is 29.3 Å². The van der Waals surface area contributed by atoms with Crippen LogP contribution in [0.15, 0.2) is 47.0 Å². The predicted octanol–water partition coefficient (Wildman–Crippen LogP) is 5.17. The predicted molar refractivity (Wildman–Crippen MR) is 96.9 cm³/mol. The molecule has 1 fully saturated rings. The van der Waals surface area contributed by atoms with Gasteiger partial charge >= 0.3 is 0 Å². The van der Waals surface area contributed by atoms with E-state index in [-0.39, 0.29) is 0 Å². The first kappa shape index (κ1) is 15.4. The normalized spacial score (nSPS) is 16.0. The third-order valence-corrected chi connectivity index (χ3v) is 5.29. The second kappa shape index (κ2) is 6.06. The first-order valence-electron chi connectivity index (χ1n) is 8.79.